The van der Waals surface area contributed by atoms with Gasteiger partial charge >= 0.3 is 5.97 Å². The number of H-pyrrole nitrogens is 1. The molecule has 0 saturated carbocycles. The predicted molar refractivity (Wildman–Crippen MR) is 504 cm³/mol. The molecule has 16 N–H and O–H groups in total. The van der Waals surface area contributed by atoms with Gasteiger partial charge in [0.15, 0.2) is 23.2 Å². The molecule has 14 amide bonds. The van der Waals surface area contributed by atoms with Crippen LogP contribution in [-0.4, -0.2) is 289 Å². The van der Waals surface area contributed by atoms with Gasteiger partial charge in [-0.2, -0.15) is 0 Å². The number of likely N-dealkylation sites (N-methyl/N-ethyl adjacent to an activating group) is 3. The molecule has 3 heterocycles. The lowest BCUT2D eigenvalue weighted by Gasteiger charge is -2.38. The van der Waals surface area contributed by atoms with Crippen LogP contribution in [0.5, 0.6) is 5.75 Å². The van der Waals surface area contributed by atoms with Gasteiger partial charge in [0.1, 0.15) is 78.0 Å². The van der Waals surface area contributed by atoms with E-state index in [1.165, 1.54) is 61.2 Å². The second-order valence-corrected chi connectivity index (χ2v) is 36.6. The Kier molecular flexibility index (Phi) is 40.5. The first-order chi connectivity index (χ1) is 66.0. The minimum absolute atomic E-state index is 0.0153. The highest BCUT2D eigenvalue weighted by atomic mass is 32.2. The number of amides is 14. The first kappa shape index (κ1) is 109. The molecule has 0 bridgehead atoms. The maximum absolute atomic E-state index is 15.9. The number of phenolic OH excluding ortho intramolecular Hbond substituents is 1. The molecule has 6 aromatic carbocycles. The Labute approximate surface area is 805 Å². The summed E-state index contributed by atoms with van der Waals surface area (Å²) in [5.41, 5.74) is 14.3. The van der Waals surface area contributed by atoms with Crippen LogP contribution in [-0.2, 0) is 120 Å². The highest BCUT2D eigenvalue weighted by molar-refractivity contribution is 8.00. The third-order valence-electron chi connectivity index (χ3n) is 24.2. The van der Waals surface area contributed by atoms with Gasteiger partial charge in [-0.3, -0.25) is 76.7 Å². The van der Waals surface area contributed by atoms with Crippen LogP contribution >= 0.6 is 11.8 Å². The van der Waals surface area contributed by atoms with Crippen molar-refractivity contribution < 1.29 is 114 Å². The molecule has 0 spiro atoms. The van der Waals surface area contributed by atoms with Crippen molar-refractivity contribution in [1.29, 1.82) is 0 Å². The topological polar surface area (TPSA) is 523 Å². The van der Waals surface area contributed by atoms with Crippen LogP contribution < -0.4 is 54.0 Å². The van der Waals surface area contributed by atoms with Gasteiger partial charge < -0.3 is 104 Å². The zero-order chi connectivity index (χ0) is 102. The molecule has 2 aliphatic rings. The molecule has 7 aromatic rings. The van der Waals surface area contributed by atoms with Crippen molar-refractivity contribution in [3.8, 4) is 5.75 Å². The minimum atomic E-state index is -1.92. The molecule has 1 aromatic heterocycles. The van der Waals surface area contributed by atoms with Crippen molar-refractivity contribution in [2.45, 2.75) is 203 Å². The maximum Gasteiger partial charge on any atom is 0.305 e. The number of halogens is 4. The number of aromatic amines is 1. The molecule has 14 atom stereocenters. The Hall–Kier alpha value is -13.7. The van der Waals surface area contributed by atoms with E-state index in [1.54, 1.807) is 138 Å². The summed E-state index contributed by atoms with van der Waals surface area (Å²) < 4.78 is 66.8. The second kappa shape index (κ2) is 51.7. The average molecular weight is 1950 g/mol. The van der Waals surface area contributed by atoms with Crippen LogP contribution in [0.2, 0.25) is 0 Å². The molecule has 0 aliphatic carbocycles. The monoisotopic (exact) mass is 1950 g/mol. The Morgan fingerprint density at radius 3 is 1.71 bits per heavy atom. The molecule has 2 saturated heterocycles. The van der Waals surface area contributed by atoms with E-state index in [-0.39, 0.29) is 81.8 Å². The van der Waals surface area contributed by atoms with Crippen molar-refractivity contribution >= 4 is 117 Å². The van der Waals surface area contributed by atoms with E-state index in [2.05, 4.69) is 47.5 Å². The molecule has 748 valence electrons. The van der Waals surface area contributed by atoms with Crippen molar-refractivity contribution in [3.05, 3.63) is 208 Å². The number of morpholine rings is 1. The second-order valence-electron chi connectivity index (χ2n) is 35.5. The number of β-amino-alcohol motifs (C(OH)–C–C–N with tert-alkyl or cyclic N) is 1. The third-order valence-corrected chi connectivity index (χ3v) is 25.2. The number of ether oxygens (including phenoxy) is 1. The first-order valence-electron chi connectivity index (χ1n) is 45.7. The smallest absolute Gasteiger partial charge is 0.305 e. The molecule has 139 heavy (non-hydrogen) atoms. The van der Waals surface area contributed by atoms with E-state index in [0.29, 0.717) is 57.9 Å². The van der Waals surface area contributed by atoms with Crippen LogP contribution in [0.1, 0.15) is 113 Å². The number of likely N-dealkylation sites (tertiary alicyclic amines) is 1. The molecule has 41 heteroatoms. The summed E-state index contributed by atoms with van der Waals surface area (Å²) in [6.45, 7) is 7.92. The largest absolute Gasteiger partial charge is 0.508 e. The fraction of sp³-hybridized carbons (Fsp3) is 0.449. The maximum atomic E-state index is 15.9. The summed E-state index contributed by atoms with van der Waals surface area (Å²) >= 11 is 0.638. The number of carboxylic acid groups (broad SMARTS) is 1. The summed E-state index contributed by atoms with van der Waals surface area (Å²) in [4.78, 5) is 239. The van der Waals surface area contributed by atoms with Crippen LogP contribution in [0.3, 0.4) is 0 Å². The molecule has 2 fully saturated rings. The van der Waals surface area contributed by atoms with Crippen molar-refractivity contribution in [2.24, 2.45) is 23.3 Å². The number of hydrogen-bond donors (Lipinski definition) is 14. The molecule has 0 radical (unpaired) electrons. The average Bonchev–Trinajstić information content (AvgIpc) is 1.76. The van der Waals surface area contributed by atoms with Gasteiger partial charge in [0.25, 0.3) is 0 Å². The molecule has 9 rings (SSSR count). The zero-order valence-corrected chi connectivity index (χ0v) is 79.5. The van der Waals surface area contributed by atoms with Crippen LogP contribution in [0.25, 0.3) is 10.9 Å². The molecule has 2 aliphatic heterocycles. The number of ketones is 1. The van der Waals surface area contributed by atoms with E-state index in [9.17, 15) is 72.4 Å². The van der Waals surface area contributed by atoms with Crippen molar-refractivity contribution in [3.63, 3.8) is 0 Å². The van der Waals surface area contributed by atoms with Gasteiger partial charge in [-0.05, 0) is 114 Å². The van der Waals surface area contributed by atoms with Gasteiger partial charge in [0.2, 0.25) is 82.7 Å². The number of nitrogens with zero attached hydrogens (tertiary/aromatic N) is 5. The summed E-state index contributed by atoms with van der Waals surface area (Å²) in [6.07, 6.45) is -2.79. The van der Waals surface area contributed by atoms with Gasteiger partial charge in [-0.15, -0.1) is 11.8 Å². The first-order valence-corrected chi connectivity index (χ1v) is 46.9. The number of carbonyl (C=O) groups excluding carboxylic acids is 15. The number of aliphatic hydroxyl groups is 1. The number of fused-ring (bicyclic) bond motifs is 1. The summed E-state index contributed by atoms with van der Waals surface area (Å²) in [7, 11) is 3.78. The molecular weight excluding hydrogens is 1830 g/mol. The number of nitrogens with two attached hydrogens (primary N) is 2. The summed E-state index contributed by atoms with van der Waals surface area (Å²) in [5, 5.41) is 52.3. The number of aliphatic hydroxyl groups excluding tert-OH is 1. The lowest BCUT2D eigenvalue weighted by molar-refractivity contribution is -0.152. The number of unbranched alkanes of at least 4 members (excludes halogenated alkanes) is 1. The zero-order valence-electron chi connectivity index (χ0n) is 78.7. The minimum Gasteiger partial charge on any atom is -0.508 e. The highest BCUT2D eigenvalue weighted by Gasteiger charge is 2.47. The number of Topliss-reactive ketones (excluding diaryl/α,β-unsaturated/α-hetero) is 1. The van der Waals surface area contributed by atoms with E-state index < -0.39 is 264 Å². The van der Waals surface area contributed by atoms with Crippen LogP contribution in [0.4, 0.5) is 17.6 Å². The fourth-order valence-electron chi connectivity index (χ4n) is 16.6. The Morgan fingerprint density at radius 2 is 1.10 bits per heavy atom. The number of primary amides is 1. The van der Waals surface area contributed by atoms with Gasteiger partial charge in [-0.1, -0.05) is 157 Å². The summed E-state index contributed by atoms with van der Waals surface area (Å²) in [5.74, 6) is -24.2. The van der Waals surface area contributed by atoms with Crippen LogP contribution in [0, 0.1) is 35.1 Å². The lowest BCUT2D eigenvalue weighted by atomic mass is 9.98. The van der Waals surface area contributed by atoms with Gasteiger partial charge in [0.05, 0.1) is 50.1 Å². The Balaban J connectivity index is 0.939. The number of aliphatic carboxylic acids is 1. The number of carbonyl (C=O) groups is 16. The Bertz CT molecular complexity index is 5510. The van der Waals surface area contributed by atoms with Gasteiger partial charge in [-0.25, -0.2) is 17.6 Å². The quantitative estimate of drug-likeness (QED) is 0.0193. The van der Waals surface area contributed by atoms with E-state index in [4.69, 9.17) is 16.2 Å². The number of hydrogen-bond acceptors (Lipinski definition) is 21. The number of benzene rings is 6. The predicted octanol–water partition coefficient (Wildman–Crippen LogP) is 2.87. The number of para-hydroxylation sites is 1. The molecule has 36 nitrogen and oxygen atoms in total. The van der Waals surface area contributed by atoms with Crippen LogP contribution in [0.15, 0.2) is 152 Å². The van der Waals surface area contributed by atoms with E-state index in [0.717, 1.165) is 33.4 Å². The third kappa shape index (κ3) is 30.9. The number of aromatic hydroxyl groups is 1. The summed E-state index contributed by atoms with van der Waals surface area (Å²) in [6, 6.07) is 16.2. The van der Waals surface area contributed by atoms with E-state index in [1.807, 2.05) is 0 Å². The molecule has 0 unspecified atom stereocenters. The fourth-order valence-corrected chi connectivity index (χ4v) is 17.5. The lowest BCUT2D eigenvalue weighted by Crippen LogP contribution is -2.63. The van der Waals surface area contributed by atoms with Crippen molar-refractivity contribution in [2.75, 3.05) is 65.5 Å². The number of aromatic nitrogens is 1. The number of thioether (sulfide) groups is 1. The van der Waals surface area contributed by atoms with Gasteiger partial charge in [0, 0.05) is 89.2 Å². The van der Waals surface area contributed by atoms with E-state index >= 15 is 37.1 Å². The van der Waals surface area contributed by atoms with Crippen molar-refractivity contribution in [1.82, 2.24) is 72.0 Å². The normalized spacial score (nSPS) is 16.5. The number of nitrogens with one attached hydrogen (secondary N) is 9. The SMILES string of the molecule is CCCC[C@@H](C(=O)N1C[C@H](O)C[C@@H]1C(=O)N[C@@H](CC(=O)O)C(=O)N[C@H](C(=O)N(C)[C@@H](Cc1ccccc1)C(C)=O)C(C)C)N(C)C(=O)[C@H](Cc1ccccc1)N(C)C(=O)[C@H](Cc1cc(F)c(F)c(F)c1)NC(=O)CSC[C@H](NC(=O)[C@H](CC(C)C)NC(=O)[C@H](Cc1ccccc1F)NC(=O)[C@H](Cc1c[nH]c2ccccc12)NC(=O)[C@H]1COCCN1C(=O)[C@@H](N)Cc1ccc(O)cc1)C(=O)NCC(N)=O. The standard InChI is InChI=1S/C98H122F4N16O20S/c1-10-11-30-77(97(136)118-50-64(121)46-79(118)92(131)111-74(47-84(124)125)91(130)113-86(55(4)5)98(137)115(8)78(56(6)119)42-57-22-14-12-15-23-57)114(7)96(135)80(43-58-24-16-13-17-25-58)116(9)95(134)75(41-60-38-67(100)85(102)68(101)39-60)107-83(123)53-139-52-76(87(126)106-49-82(104)122)112-88(127)71(37-54(2)3)108-89(128)72(44-61-26-18-20-28-66(61)99)109-90(129)73(45-62-48-105-70-29-21-19-27-65(62)70)110-93(132)81-51-138-36-35-117(81)94(133)69(103)40-59-31-33-63(120)34-32-59/h12-29,31-34,38-39,48,54-55,64,69,71-81,86,105,120-121H,10-11,30,35-37,40-47,49-53,103H2,1-9H3,(H2,104,122)(H,106,126)(H,107,123)(H,108,128)(H,109,129)(H,110,132)(H,111,131)(H,112,127)(H,113,130)(H,124,125)/t64-,69+,71+,72+,73+,74+,75+,76+,77+,78+,79-,80+,81-,86+/m1/s1. The number of rotatable bonds is 49. The highest BCUT2D eigenvalue weighted by Crippen LogP contribution is 2.28. The molecular formula is C98H122F4N16O20S. The Morgan fingerprint density at radius 1 is 0.554 bits per heavy atom. The number of carboxylic acids is 1. The number of phenols is 1.